The van der Waals surface area contributed by atoms with Crippen molar-refractivity contribution in [3.63, 3.8) is 0 Å². The number of nitrogen functional groups attached to an aromatic ring is 1. The summed E-state index contributed by atoms with van der Waals surface area (Å²) in [6.07, 6.45) is 3.50. The molecule has 0 fully saturated rings. The third-order valence-corrected chi connectivity index (χ3v) is 2.80. The molecule has 1 aromatic rings. The first kappa shape index (κ1) is 14.4. The number of carbonyl (C=O) groups excluding carboxylic acids is 1. The lowest BCUT2D eigenvalue weighted by Gasteiger charge is -2.14. The highest BCUT2D eigenvalue weighted by Gasteiger charge is 2.09. The van der Waals surface area contributed by atoms with Crippen LogP contribution in [0.25, 0.3) is 0 Å². The molecule has 0 saturated carbocycles. The highest BCUT2D eigenvalue weighted by Crippen LogP contribution is 2.20. The molecule has 0 aromatic heterocycles. The van der Waals surface area contributed by atoms with Gasteiger partial charge in [-0.1, -0.05) is 19.8 Å². The normalized spacial score (nSPS) is 10.2. The van der Waals surface area contributed by atoms with E-state index in [1.807, 2.05) is 6.07 Å². The molecule has 3 N–H and O–H groups in total. The summed E-state index contributed by atoms with van der Waals surface area (Å²) in [4.78, 5) is 13.4. The largest absolute Gasteiger partial charge is 0.397 e. The fraction of sp³-hybridized carbons (Fsp3) is 0.500. The van der Waals surface area contributed by atoms with Crippen LogP contribution in [-0.2, 0) is 0 Å². The molecular formula is C14H23N3O. The molecule has 0 bridgehead atoms. The maximum atomic E-state index is 11.8. The number of amides is 1. The lowest BCUT2D eigenvalue weighted by molar-refractivity contribution is 0.0827. The molecule has 1 amide bonds. The van der Waals surface area contributed by atoms with E-state index >= 15 is 0 Å². The van der Waals surface area contributed by atoms with Gasteiger partial charge in [-0.25, -0.2) is 0 Å². The van der Waals surface area contributed by atoms with Gasteiger partial charge in [-0.15, -0.1) is 0 Å². The van der Waals surface area contributed by atoms with Crippen LogP contribution in [0.5, 0.6) is 0 Å². The molecular weight excluding hydrogens is 226 g/mol. The molecule has 4 nitrogen and oxygen atoms in total. The standard InChI is InChI=1S/C14H23N3O/c1-4-5-6-9-16-13-10-11(7-8-12(13)15)14(18)17(2)3/h7-8,10,16H,4-6,9,15H2,1-3H3. The Kier molecular flexibility index (Phi) is 5.49. The van der Waals surface area contributed by atoms with Crippen molar-refractivity contribution in [2.45, 2.75) is 26.2 Å². The van der Waals surface area contributed by atoms with Crippen molar-refractivity contribution in [3.8, 4) is 0 Å². The van der Waals surface area contributed by atoms with Crippen molar-refractivity contribution in [1.82, 2.24) is 4.90 Å². The second kappa shape index (κ2) is 6.89. The van der Waals surface area contributed by atoms with Gasteiger partial charge in [0.25, 0.3) is 5.91 Å². The van der Waals surface area contributed by atoms with E-state index in [1.165, 1.54) is 12.8 Å². The molecule has 0 aliphatic rings. The van der Waals surface area contributed by atoms with Gasteiger partial charge >= 0.3 is 0 Å². The van der Waals surface area contributed by atoms with E-state index in [-0.39, 0.29) is 5.91 Å². The minimum absolute atomic E-state index is 0.00777. The summed E-state index contributed by atoms with van der Waals surface area (Å²) in [5.41, 5.74) is 8.08. The van der Waals surface area contributed by atoms with Gasteiger partial charge in [0.05, 0.1) is 11.4 Å². The molecule has 0 saturated heterocycles. The molecule has 1 aromatic carbocycles. The van der Waals surface area contributed by atoms with Crippen LogP contribution in [-0.4, -0.2) is 31.4 Å². The van der Waals surface area contributed by atoms with Crippen molar-refractivity contribution in [1.29, 1.82) is 0 Å². The van der Waals surface area contributed by atoms with Crippen molar-refractivity contribution < 1.29 is 4.79 Å². The number of benzene rings is 1. The Balaban J connectivity index is 2.72. The number of hydrogen-bond donors (Lipinski definition) is 2. The van der Waals surface area contributed by atoms with E-state index in [0.717, 1.165) is 18.7 Å². The number of hydrogen-bond acceptors (Lipinski definition) is 3. The molecule has 1 rings (SSSR count). The molecule has 0 unspecified atom stereocenters. The molecule has 0 radical (unpaired) electrons. The summed E-state index contributed by atoms with van der Waals surface area (Å²) in [5, 5.41) is 3.29. The molecule has 0 atom stereocenters. The van der Waals surface area contributed by atoms with E-state index < -0.39 is 0 Å². The second-order valence-electron chi connectivity index (χ2n) is 4.64. The first-order valence-corrected chi connectivity index (χ1v) is 6.41. The third kappa shape index (κ3) is 3.95. The zero-order valence-corrected chi connectivity index (χ0v) is 11.5. The quantitative estimate of drug-likeness (QED) is 0.602. The number of rotatable bonds is 6. The minimum atomic E-state index is -0.00777. The maximum absolute atomic E-state index is 11.8. The fourth-order valence-electron chi connectivity index (χ4n) is 1.70. The predicted octanol–water partition coefficient (Wildman–Crippen LogP) is 2.57. The summed E-state index contributed by atoms with van der Waals surface area (Å²) >= 11 is 0. The fourth-order valence-corrected chi connectivity index (χ4v) is 1.70. The Hall–Kier alpha value is -1.71. The smallest absolute Gasteiger partial charge is 0.253 e. The molecule has 0 aliphatic heterocycles. The number of nitrogens with zero attached hydrogens (tertiary/aromatic N) is 1. The van der Waals surface area contributed by atoms with Crippen LogP contribution >= 0.6 is 0 Å². The number of nitrogens with two attached hydrogens (primary N) is 1. The molecule has 0 spiro atoms. The topological polar surface area (TPSA) is 58.4 Å². The number of anilines is 2. The van der Waals surface area contributed by atoms with E-state index in [2.05, 4.69) is 12.2 Å². The zero-order valence-electron chi connectivity index (χ0n) is 11.5. The average molecular weight is 249 g/mol. The minimum Gasteiger partial charge on any atom is -0.397 e. The van der Waals surface area contributed by atoms with Crippen LogP contribution in [0.15, 0.2) is 18.2 Å². The Morgan fingerprint density at radius 3 is 2.67 bits per heavy atom. The maximum Gasteiger partial charge on any atom is 0.253 e. The van der Waals surface area contributed by atoms with Gasteiger partial charge in [0.1, 0.15) is 0 Å². The van der Waals surface area contributed by atoms with Gasteiger partial charge in [0, 0.05) is 26.2 Å². The van der Waals surface area contributed by atoms with Crippen LogP contribution in [0.1, 0.15) is 36.5 Å². The Labute approximate surface area is 109 Å². The van der Waals surface area contributed by atoms with Crippen molar-refractivity contribution in [2.75, 3.05) is 31.7 Å². The molecule has 18 heavy (non-hydrogen) atoms. The Bertz CT molecular complexity index is 402. The van der Waals surface area contributed by atoms with Crippen LogP contribution < -0.4 is 11.1 Å². The highest BCUT2D eigenvalue weighted by molar-refractivity contribution is 5.95. The van der Waals surface area contributed by atoms with Crippen LogP contribution in [0.2, 0.25) is 0 Å². The van der Waals surface area contributed by atoms with Crippen LogP contribution in [0.4, 0.5) is 11.4 Å². The first-order chi connectivity index (χ1) is 8.56. The SMILES string of the molecule is CCCCCNc1cc(C(=O)N(C)C)ccc1N. The molecule has 100 valence electrons. The molecule has 0 heterocycles. The van der Waals surface area contributed by atoms with Crippen LogP contribution in [0.3, 0.4) is 0 Å². The predicted molar refractivity (Wildman–Crippen MR) is 76.9 cm³/mol. The number of nitrogens with one attached hydrogen (secondary N) is 1. The Morgan fingerprint density at radius 1 is 1.33 bits per heavy atom. The van der Waals surface area contributed by atoms with Gasteiger partial charge < -0.3 is 16.0 Å². The third-order valence-electron chi connectivity index (χ3n) is 2.80. The van der Waals surface area contributed by atoms with Crippen molar-refractivity contribution in [2.24, 2.45) is 0 Å². The lowest BCUT2D eigenvalue weighted by Crippen LogP contribution is -2.21. The highest BCUT2D eigenvalue weighted by atomic mass is 16.2. The number of carbonyl (C=O) groups is 1. The monoisotopic (exact) mass is 249 g/mol. The van der Waals surface area contributed by atoms with E-state index in [0.29, 0.717) is 11.3 Å². The van der Waals surface area contributed by atoms with Crippen LogP contribution in [0, 0.1) is 0 Å². The van der Waals surface area contributed by atoms with Crippen molar-refractivity contribution >= 4 is 17.3 Å². The molecule has 4 heteroatoms. The van der Waals surface area contributed by atoms with Gasteiger partial charge in [-0.2, -0.15) is 0 Å². The summed E-state index contributed by atoms with van der Waals surface area (Å²) < 4.78 is 0. The average Bonchev–Trinajstić information content (AvgIpc) is 2.35. The summed E-state index contributed by atoms with van der Waals surface area (Å²) in [6, 6.07) is 5.36. The summed E-state index contributed by atoms with van der Waals surface area (Å²) in [5.74, 6) is -0.00777. The van der Waals surface area contributed by atoms with E-state index in [9.17, 15) is 4.79 Å². The first-order valence-electron chi connectivity index (χ1n) is 6.41. The Morgan fingerprint density at radius 2 is 2.06 bits per heavy atom. The lowest BCUT2D eigenvalue weighted by atomic mass is 10.1. The molecule has 0 aliphatic carbocycles. The van der Waals surface area contributed by atoms with E-state index in [1.54, 1.807) is 31.1 Å². The van der Waals surface area contributed by atoms with Gasteiger partial charge in [-0.3, -0.25) is 4.79 Å². The second-order valence-corrected chi connectivity index (χ2v) is 4.64. The summed E-state index contributed by atoms with van der Waals surface area (Å²) in [7, 11) is 3.49. The van der Waals surface area contributed by atoms with Crippen molar-refractivity contribution in [3.05, 3.63) is 23.8 Å². The van der Waals surface area contributed by atoms with Gasteiger partial charge in [-0.05, 0) is 24.6 Å². The number of unbranched alkanes of at least 4 members (excludes halogenated alkanes) is 2. The van der Waals surface area contributed by atoms with Gasteiger partial charge in [0.2, 0.25) is 0 Å². The summed E-state index contributed by atoms with van der Waals surface area (Å²) in [6.45, 7) is 3.06. The van der Waals surface area contributed by atoms with Gasteiger partial charge in [0.15, 0.2) is 0 Å². The zero-order chi connectivity index (χ0) is 13.5. The van der Waals surface area contributed by atoms with E-state index in [4.69, 9.17) is 5.73 Å².